The van der Waals surface area contributed by atoms with E-state index < -0.39 is 11.7 Å². The molecule has 2 N–H and O–H groups in total. The van der Waals surface area contributed by atoms with Gasteiger partial charge in [0.05, 0.1) is 5.56 Å². The van der Waals surface area contributed by atoms with Crippen LogP contribution in [0.15, 0.2) is 35.1 Å². The third-order valence-electron chi connectivity index (χ3n) is 5.88. The third kappa shape index (κ3) is 4.38. The van der Waals surface area contributed by atoms with E-state index in [2.05, 4.69) is 15.1 Å². The average molecular weight is 423 g/mol. The second-order valence-corrected chi connectivity index (χ2v) is 7.79. The monoisotopic (exact) mass is 423 g/mol. The lowest BCUT2D eigenvalue weighted by Gasteiger charge is -2.44. The molecule has 30 heavy (non-hydrogen) atoms. The number of piperazine rings is 1. The van der Waals surface area contributed by atoms with E-state index in [1.807, 2.05) is 4.90 Å². The van der Waals surface area contributed by atoms with E-state index in [1.54, 1.807) is 11.0 Å². The molecule has 1 aromatic carbocycles. The van der Waals surface area contributed by atoms with E-state index in [4.69, 9.17) is 0 Å². The molecule has 2 aromatic rings. The zero-order valence-corrected chi connectivity index (χ0v) is 16.4. The number of aromatic amines is 2. The second-order valence-electron chi connectivity index (χ2n) is 7.79. The number of nitrogens with zero attached hydrogens (tertiary/aromatic N) is 3. The largest absolute Gasteiger partial charge is 0.416 e. The molecule has 1 aromatic heterocycles. The number of nitrogens with one attached hydrogen (secondary N) is 2. The van der Waals surface area contributed by atoms with Gasteiger partial charge in [-0.25, -0.2) is 0 Å². The maximum Gasteiger partial charge on any atom is 0.416 e. The van der Waals surface area contributed by atoms with Crippen molar-refractivity contribution in [3.63, 3.8) is 0 Å². The first-order valence-corrected chi connectivity index (χ1v) is 10.0. The van der Waals surface area contributed by atoms with Crippen molar-refractivity contribution in [1.82, 2.24) is 20.0 Å². The van der Waals surface area contributed by atoms with Crippen LogP contribution >= 0.6 is 0 Å². The van der Waals surface area contributed by atoms with Gasteiger partial charge >= 0.3 is 6.18 Å². The number of likely N-dealkylation sites (tertiary alicyclic amines) is 1. The summed E-state index contributed by atoms with van der Waals surface area (Å²) in [5.74, 6) is -0.194. The molecular weight excluding hydrogens is 399 g/mol. The predicted octanol–water partition coefficient (Wildman–Crippen LogP) is 2.15. The number of carbonyl (C=O) groups is 1. The van der Waals surface area contributed by atoms with Crippen molar-refractivity contribution >= 4 is 11.6 Å². The van der Waals surface area contributed by atoms with Crippen molar-refractivity contribution in [3.05, 3.63) is 51.9 Å². The molecule has 1 amide bonds. The number of hydrogen-bond donors (Lipinski definition) is 2. The maximum atomic E-state index is 13.0. The van der Waals surface area contributed by atoms with Crippen LogP contribution in [0.3, 0.4) is 0 Å². The van der Waals surface area contributed by atoms with Gasteiger partial charge in [0.25, 0.3) is 11.5 Å². The summed E-state index contributed by atoms with van der Waals surface area (Å²) in [5.41, 5.74) is -0.124. The lowest BCUT2D eigenvalue weighted by molar-refractivity contribution is -0.137. The molecule has 4 rings (SSSR count). The van der Waals surface area contributed by atoms with E-state index in [9.17, 15) is 22.8 Å². The molecular formula is C20H24F3N5O2. The third-order valence-corrected chi connectivity index (χ3v) is 5.88. The number of halogens is 3. The zero-order chi connectivity index (χ0) is 21.3. The van der Waals surface area contributed by atoms with Gasteiger partial charge in [-0.3, -0.25) is 24.7 Å². The fourth-order valence-electron chi connectivity index (χ4n) is 4.28. The number of piperidine rings is 1. The quantitative estimate of drug-likeness (QED) is 0.794. The highest BCUT2D eigenvalue weighted by Gasteiger charge is 2.33. The molecule has 0 aliphatic carbocycles. The highest BCUT2D eigenvalue weighted by Crippen LogP contribution is 2.32. The van der Waals surface area contributed by atoms with Gasteiger partial charge in [0.1, 0.15) is 5.69 Å². The van der Waals surface area contributed by atoms with Gasteiger partial charge in [-0.1, -0.05) is 6.07 Å². The first kappa shape index (κ1) is 20.5. The number of aromatic nitrogens is 2. The Bertz CT molecular complexity index is 946. The maximum absolute atomic E-state index is 13.0. The summed E-state index contributed by atoms with van der Waals surface area (Å²) in [6.07, 6.45) is -2.50. The Labute approximate surface area is 171 Å². The number of H-pyrrole nitrogens is 2. The normalized spacial score (nSPS) is 21.1. The molecule has 0 radical (unpaired) electrons. The predicted molar refractivity (Wildman–Crippen MR) is 106 cm³/mol. The summed E-state index contributed by atoms with van der Waals surface area (Å²) >= 11 is 0. The molecule has 2 saturated heterocycles. The molecule has 0 spiro atoms. The summed E-state index contributed by atoms with van der Waals surface area (Å²) < 4.78 is 39.0. The first-order chi connectivity index (χ1) is 14.3. The molecule has 1 atom stereocenters. The first-order valence-electron chi connectivity index (χ1n) is 10.0. The zero-order valence-electron chi connectivity index (χ0n) is 16.4. The van der Waals surface area contributed by atoms with E-state index >= 15 is 0 Å². The van der Waals surface area contributed by atoms with Crippen LogP contribution in [-0.4, -0.2) is 71.2 Å². The summed E-state index contributed by atoms with van der Waals surface area (Å²) in [5, 5.41) is 4.99. The summed E-state index contributed by atoms with van der Waals surface area (Å²) in [7, 11) is 0. The van der Waals surface area contributed by atoms with Crippen LogP contribution in [-0.2, 0) is 6.18 Å². The van der Waals surface area contributed by atoms with Crippen LogP contribution in [0.25, 0.3) is 0 Å². The molecule has 7 nitrogen and oxygen atoms in total. The molecule has 162 valence electrons. The SMILES string of the molecule is O=C(c1cc(=O)[nH][nH]1)N1CCCC(N2CCN(c3cccc(C(F)(F)F)c3)CC2)C1. The van der Waals surface area contributed by atoms with Crippen molar-refractivity contribution < 1.29 is 18.0 Å². The van der Waals surface area contributed by atoms with Gasteiger partial charge in [-0.2, -0.15) is 13.2 Å². The van der Waals surface area contributed by atoms with Crippen molar-refractivity contribution in [3.8, 4) is 0 Å². The average Bonchev–Trinajstić information content (AvgIpc) is 3.19. The van der Waals surface area contributed by atoms with Crippen LogP contribution in [0, 0.1) is 0 Å². The van der Waals surface area contributed by atoms with Gasteiger partial charge in [-0.15, -0.1) is 0 Å². The molecule has 3 heterocycles. The molecule has 0 saturated carbocycles. The number of amides is 1. The van der Waals surface area contributed by atoms with Gasteiger partial charge in [0.15, 0.2) is 0 Å². The Morgan fingerprint density at radius 3 is 2.47 bits per heavy atom. The topological polar surface area (TPSA) is 75.4 Å². The minimum atomic E-state index is -4.35. The van der Waals surface area contributed by atoms with Crippen molar-refractivity contribution in [2.75, 3.05) is 44.2 Å². The minimum absolute atomic E-state index is 0.194. The van der Waals surface area contributed by atoms with Gasteiger partial charge in [0.2, 0.25) is 0 Å². The Kier molecular flexibility index (Phi) is 5.59. The number of hydrogen-bond acceptors (Lipinski definition) is 4. The molecule has 2 aliphatic rings. The number of alkyl halides is 3. The van der Waals surface area contributed by atoms with E-state index in [0.29, 0.717) is 31.9 Å². The number of rotatable bonds is 3. The molecule has 2 aliphatic heterocycles. The summed E-state index contributed by atoms with van der Waals surface area (Å²) in [6.45, 7) is 3.95. The van der Waals surface area contributed by atoms with Gasteiger partial charge < -0.3 is 9.80 Å². The second kappa shape index (κ2) is 8.17. The lowest BCUT2D eigenvalue weighted by Crippen LogP contribution is -2.56. The highest BCUT2D eigenvalue weighted by atomic mass is 19.4. The number of carbonyl (C=O) groups excluding carboxylic acids is 1. The Hall–Kier alpha value is -2.75. The Morgan fingerprint density at radius 1 is 1.03 bits per heavy atom. The Morgan fingerprint density at radius 2 is 1.80 bits per heavy atom. The fraction of sp³-hybridized carbons (Fsp3) is 0.500. The van der Waals surface area contributed by atoms with Crippen LogP contribution in [0.1, 0.15) is 28.9 Å². The lowest BCUT2D eigenvalue weighted by atomic mass is 10.0. The van der Waals surface area contributed by atoms with Crippen LogP contribution in [0.5, 0.6) is 0 Å². The van der Waals surface area contributed by atoms with E-state index in [-0.39, 0.29) is 23.2 Å². The van der Waals surface area contributed by atoms with Crippen molar-refractivity contribution in [2.24, 2.45) is 0 Å². The fourth-order valence-corrected chi connectivity index (χ4v) is 4.28. The van der Waals surface area contributed by atoms with Crippen LogP contribution < -0.4 is 10.5 Å². The standard InChI is InChI=1S/C20H24F3N5O2/c21-20(22,23)14-3-1-4-15(11-14)26-7-9-27(10-8-26)16-5-2-6-28(13-16)19(30)17-12-18(29)25-24-17/h1,3-4,11-12,16H,2,5-10,13H2,(H2,24,25,29). The molecule has 2 fully saturated rings. The van der Waals surface area contributed by atoms with Gasteiger partial charge in [-0.05, 0) is 31.0 Å². The summed E-state index contributed by atoms with van der Waals surface area (Å²) in [6, 6.07) is 6.92. The molecule has 1 unspecified atom stereocenters. The minimum Gasteiger partial charge on any atom is -0.369 e. The van der Waals surface area contributed by atoms with Crippen molar-refractivity contribution in [2.45, 2.75) is 25.1 Å². The molecule has 10 heteroatoms. The smallest absolute Gasteiger partial charge is 0.369 e. The van der Waals surface area contributed by atoms with Crippen molar-refractivity contribution in [1.29, 1.82) is 0 Å². The van der Waals surface area contributed by atoms with E-state index in [0.717, 1.165) is 32.0 Å². The Balaban J connectivity index is 1.36. The van der Waals surface area contributed by atoms with Crippen LogP contribution in [0.4, 0.5) is 18.9 Å². The summed E-state index contributed by atoms with van der Waals surface area (Å²) in [4.78, 5) is 29.9. The van der Waals surface area contributed by atoms with Gasteiger partial charge in [0, 0.05) is 57.1 Å². The molecule has 0 bridgehead atoms. The number of anilines is 1. The highest BCUT2D eigenvalue weighted by molar-refractivity contribution is 5.92. The van der Waals surface area contributed by atoms with E-state index in [1.165, 1.54) is 18.2 Å². The number of benzene rings is 1. The van der Waals surface area contributed by atoms with Crippen LogP contribution in [0.2, 0.25) is 0 Å².